The van der Waals surface area contributed by atoms with Gasteiger partial charge in [0.05, 0.1) is 0 Å². The van der Waals surface area contributed by atoms with Crippen molar-refractivity contribution in [1.29, 1.82) is 0 Å². The lowest BCUT2D eigenvalue weighted by molar-refractivity contribution is -0.118. The highest BCUT2D eigenvalue weighted by molar-refractivity contribution is 6.12. The van der Waals surface area contributed by atoms with Gasteiger partial charge in [-0.2, -0.15) is 0 Å². The first-order valence-corrected chi connectivity index (χ1v) is 7.63. The van der Waals surface area contributed by atoms with Gasteiger partial charge >= 0.3 is 0 Å². The van der Waals surface area contributed by atoms with E-state index in [0.717, 1.165) is 0 Å². The molecule has 0 saturated heterocycles. The smallest absolute Gasteiger partial charge is 0.244 e. The van der Waals surface area contributed by atoms with E-state index in [-0.39, 0.29) is 17.4 Å². The summed E-state index contributed by atoms with van der Waals surface area (Å²) in [5.41, 5.74) is 0.961. The summed E-state index contributed by atoms with van der Waals surface area (Å²) in [7, 11) is 0. The van der Waals surface area contributed by atoms with Crippen LogP contribution in [0.1, 0.15) is 16.7 Å². The third-order valence-corrected chi connectivity index (χ3v) is 4.54. The fourth-order valence-corrected chi connectivity index (χ4v) is 3.52. The minimum Gasteiger partial charge on any atom is -0.508 e. The number of amides is 1. The van der Waals surface area contributed by atoms with Crippen LogP contribution in [0.15, 0.2) is 72.8 Å². The topological polar surface area (TPSA) is 69.6 Å². The van der Waals surface area contributed by atoms with Gasteiger partial charge in [-0.1, -0.05) is 54.6 Å². The summed E-state index contributed by atoms with van der Waals surface area (Å²) in [6.07, 6.45) is 0. The zero-order valence-corrected chi connectivity index (χ0v) is 12.7. The van der Waals surface area contributed by atoms with Gasteiger partial charge < -0.3 is 15.5 Å². The second kappa shape index (κ2) is 5.13. The SMILES string of the molecule is O=C1Nc2ccccc2C1(c1ccccc1O)c1ccccc1O. The predicted molar refractivity (Wildman–Crippen MR) is 91.2 cm³/mol. The van der Waals surface area contributed by atoms with Crippen molar-refractivity contribution >= 4 is 11.6 Å². The van der Waals surface area contributed by atoms with E-state index < -0.39 is 5.41 Å². The molecule has 1 aliphatic rings. The first kappa shape index (κ1) is 14.3. The lowest BCUT2D eigenvalue weighted by atomic mass is 9.69. The predicted octanol–water partition coefficient (Wildman–Crippen LogP) is 3.38. The zero-order valence-electron chi connectivity index (χ0n) is 12.7. The van der Waals surface area contributed by atoms with Crippen LogP contribution < -0.4 is 5.32 Å². The average molecular weight is 317 g/mol. The summed E-state index contributed by atoms with van der Waals surface area (Å²) >= 11 is 0. The minimum atomic E-state index is -1.30. The minimum absolute atomic E-state index is 0.00704. The molecular weight excluding hydrogens is 302 g/mol. The van der Waals surface area contributed by atoms with Crippen molar-refractivity contribution in [2.75, 3.05) is 5.32 Å². The molecule has 118 valence electrons. The van der Waals surface area contributed by atoms with Crippen molar-refractivity contribution in [3.05, 3.63) is 89.5 Å². The summed E-state index contributed by atoms with van der Waals surface area (Å²) in [6, 6.07) is 20.8. The Labute approximate surface area is 139 Å². The van der Waals surface area contributed by atoms with Gasteiger partial charge in [-0.05, 0) is 18.2 Å². The molecule has 1 amide bonds. The number of nitrogens with one attached hydrogen (secondary N) is 1. The maximum Gasteiger partial charge on any atom is 0.244 e. The van der Waals surface area contributed by atoms with Crippen LogP contribution in [0.4, 0.5) is 5.69 Å². The van der Waals surface area contributed by atoms with Crippen LogP contribution in [0.5, 0.6) is 11.5 Å². The summed E-state index contributed by atoms with van der Waals surface area (Å²) < 4.78 is 0. The second-order valence-corrected chi connectivity index (χ2v) is 5.78. The van der Waals surface area contributed by atoms with Crippen LogP contribution in [-0.2, 0) is 10.2 Å². The number of benzene rings is 3. The highest BCUT2D eigenvalue weighted by Gasteiger charge is 2.52. The molecule has 1 heterocycles. The van der Waals surface area contributed by atoms with E-state index in [2.05, 4.69) is 5.32 Å². The first-order chi connectivity index (χ1) is 11.7. The number of aromatic hydroxyl groups is 2. The van der Waals surface area contributed by atoms with Gasteiger partial charge in [0.25, 0.3) is 0 Å². The molecule has 0 saturated carbocycles. The number of carbonyl (C=O) groups is 1. The fraction of sp³-hybridized carbons (Fsp3) is 0.0500. The van der Waals surface area contributed by atoms with Gasteiger partial charge in [0.15, 0.2) is 0 Å². The van der Waals surface area contributed by atoms with Crippen LogP contribution in [0.25, 0.3) is 0 Å². The van der Waals surface area contributed by atoms with Gasteiger partial charge in [0, 0.05) is 22.4 Å². The highest BCUT2D eigenvalue weighted by atomic mass is 16.3. The largest absolute Gasteiger partial charge is 0.508 e. The quantitative estimate of drug-likeness (QED) is 0.678. The van der Waals surface area contributed by atoms with E-state index >= 15 is 0 Å². The third kappa shape index (κ3) is 1.77. The maximum atomic E-state index is 13.1. The van der Waals surface area contributed by atoms with Crippen molar-refractivity contribution in [2.45, 2.75) is 5.41 Å². The van der Waals surface area contributed by atoms with Crippen molar-refractivity contribution < 1.29 is 15.0 Å². The Morgan fingerprint density at radius 3 is 1.67 bits per heavy atom. The first-order valence-electron chi connectivity index (χ1n) is 7.63. The van der Waals surface area contributed by atoms with Crippen molar-refractivity contribution in [3.63, 3.8) is 0 Å². The van der Waals surface area contributed by atoms with Crippen LogP contribution in [-0.4, -0.2) is 16.1 Å². The van der Waals surface area contributed by atoms with E-state index in [9.17, 15) is 15.0 Å². The number of hydrogen-bond donors (Lipinski definition) is 3. The molecule has 4 heteroatoms. The molecule has 4 rings (SSSR count). The molecule has 3 aromatic rings. The average Bonchev–Trinajstić information content (AvgIpc) is 2.88. The number of para-hydroxylation sites is 3. The number of carbonyl (C=O) groups excluding carboxylic acids is 1. The molecular formula is C20H15NO3. The van der Waals surface area contributed by atoms with E-state index in [4.69, 9.17) is 0 Å². The standard InChI is InChI=1S/C20H15NO3/c22-17-11-5-2-8-14(17)20(15-9-3-6-12-18(15)23)13-7-1-4-10-16(13)21-19(20)24/h1-12,22-23H,(H,21,24). The maximum absolute atomic E-state index is 13.1. The van der Waals surface area contributed by atoms with Gasteiger partial charge in [-0.25, -0.2) is 0 Å². The Balaban J connectivity index is 2.16. The number of hydrogen-bond acceptors (Lipinski definition) is 3. The van der Waals surface area contributed by atoms with Crippen LogP contribution in [0.3, 0.4) is 0 Å². The van der Waals surface area contributed by atoms with Gasteiger partial charge in [0.1, 0.15) is 16.9 Å². The van der Waals surface area contributed by atoms with E-state index in [1.807, 2.05) is 24.3 Å². The monoisotopic (exact) mass is 317 g/mol. The fourth-order valence-electron chi connectivity index (χ4n) is 3.52. The Morgan fingerprint density at radius 1 is 0.667 bits per heavy atom. The van der Waals surface area contributed by atoms with Gasteiger partial charge in [-0.3, -0.25) is 4.79 Å². The molecule has 1 aliphatic heterocycles. The van der Waals surface area contributed by atoms with Crippen LogP contribution in [0.2, 0.25) is 0 Å². The van der Waals surface area contributed by atoms with E-state index in [1.54, 1.807) is 48.5 Å². The zero-order chi connectivity index (χ0) is 16.7. The summed E-state index contributed by atoms with van der Waals surface area (Å²) in [5.74, 6) is -0.285. The molecule has 0 fully saturated rings. The Kier molecular flexibility index (Phi) is 3.06. The van der Waals surface area contributed by atoms with Gasteiger partial charge in [0.2, 0.25) is 5.91 Å². The normalized spacial score (nSPS) is 14.9. The molecule has 4 nitrogen and oxygen atoms in total. The number of anilines is 1. The van der Waals surface area contributed by atoms with E-state index in [0.29, 0.717) is 22.4 Å². The Hall–Kier alpha value is -3.27. The number of phenolic OH excluding ortho intramolecular Hbond substituents is 2. The number of rotatable bonds is 2. The second-order valence-electron chi connectivity index (χ2n) is 5.78. The lowest BCUT2D eigenvalue weighted by Crippen LogP contribution is -2.37. The molecule has 0 aromatic heterocycles. The molecule has 0 atom stereocenters. The third-order valence-electron chi connectivity index (χ3n) is 4.54. The number of phenols is 2. The van der Waals surface area contributed by atoms with Crippen molar-refractivity contribution in [2.24, 2.45) is 0 Å². The molecule has 0 spiro atoms. The molecule has 3 N–H and O–H groups in total. The van der Waals surface area contributed by atoms with Crippen molar-refractivity contribution in [3.8, 4) is 11.5 Å². The number of fused-ring (bicyclic) bond motifs is 1. The van der Waals surface area contributed by atoms with E-state index in [1.165, 1.54) is 0 Å². The molecule has 0 radical (unpaired) electrons. The summed E-state index contributed by atoms with van der Waals surface area (Å²) in [5, 5.41) is 23.8. The molecule has 3 aromatic carbocycles. The van der Waals surface area contributed by atoms with Crippen LogP contribution in [0, 0.1) is 0 Å². The Morgan fingerprint density at radius 2 is 1.12 bits per heavy atom. The molecule has 0 unspecified atom stereocenters. The lowest BCUT2D eigenvalue weighted by Gasteiger charge is -2.30. The highest BCUT2D eigenvalue weighted by Crippen LogP contribution is 2.51. The van der Waals surface area contributed by atoms with Gasteiger partial charge in [-0.15, -0.1) is 0 Å². The molecule has 0 aliphatic carbocycles. The molecule has 0 bridgehead atoms. The van der Waals surface area contributed by atoms with Crippen LogP contribution >= 0.6 is 0 Å². The summed E-state index contributed by atoms with van der Waals surface area (Å²) in [4.78, 5) is 13.1. The summed E-state index contributed by atoms with van der Waals surface area (Å²) in [6.45, 7) is 0. The van der Waals surface area contributed by atoms with Crippen molar-refractivity contribution in [1.82, 2.24) is 0 Å². The Bertz CT molecular complexity index is 903. The molecule has 24 heavy (non-hydrogen) atoms.